The summed E-state index contributed by atoms with van der Waals surface area (Å²) in [5.41, 5.74) is 6.48. The molecule has 0 unspecified atom stereocenters. The first-order valence-electron chi connectivity index (χ1n) is 7.58. The number of aromatic nitrogens is 2. The molecule has 1 aromatic carbocycles. The first kappa shape index (κ1) is 14.6. The van der Waals surface area contributed by atoms with E-state index in [-0.39, 0.29) is 0 Å². The number of nitrogens with zero attached hydrogens (tertiary/aromatic N) is 3. The highest BCUT2D eigenvalue weighted by Crippen LogP contribution is 2.25. The third-order valence-corrected chi connectivity index (χ3v) is 4.47. The summed E-state index contributed by atoms with van der Waals surface area (Å²) in [6.45, 7) is 5.25. The molecule has 112 valence electrons. The van der Waals surface area contributed by atoms with Gasteiger partial charge in [-0.05, 0) is 43.0 Å². The van der Waals surface area contributed by atoms with E-state index in [1.54, 1.807) is 0 Å². The Balaban J connectivity index is 1.87. The zero-order valence-corrected chi connectivity index (χ0v) is 13.5. The smallest absolute Gasteiger partial charge is 0.0681 e. The van der Waals surface area contributed by atoms with Crippen LogP contribution in [-0.2, 0) is 19.9 Å². The average Bonchev–Trinajstić information content (AvgIpc) is 2.69. The molecule has 3 nitrogen and oxygen atoms in total. The number of hydrogen-bond acceptors (Lipinski definition) is 2. The first-order valence-corrected chi connectivity index (χ1v) is 8.12. The van der Waals surface area contributed by atoms with Crippen molar-refractivity contribution in [3.63, 3.8) is 0 Å². The lowest BCUT2D eigenvalue weighted by molar-refractivity contribution is 0.305. The van der Waals surface area contributed by atoms with E-state index in [4.69, 9.17) is 11.6 Å². The second-order valence-corrected chi connectivity index (χ2v) is 6.19. The third-order valence-electron chi connectivity index (χ3n) is 4.30. The van der Waals surface area contributed by atoms with Crippen molar-refractivity contribution in [1.82, 2.24) is 14.7 Å². The van der Waals surface area contributed by atoms with Crippen LogP contribution in [0.15, 0.2) is 24.3 Å². The van der Waals surface area contributed by atoms with E-state index >= 15 is 0 Å². The quantitative estimate of drug-likeness (QED) is 0.813. The normalized spacial score (nSPS) is 15.8. The van der Waals surface area contributed by atoms with Crippen LogP contribution in [0.25, 0.3) is 11.3 Å². The van der Waals surface area contributed by atoms with Gasteiger partial charge in [-0.1, -0.05) is 12.1 Å². The molecule has 0 saturated heterocycles. The molecule has 0 amide bonds. The Kier molecular flexibility index (Phi) is 4.32. The Morgan fingerprint density at radius 2 is 1.90 bits per heavy atom. The van der Waals surface area contributed by atoms with Gasteiger partial charge in [0.05, 0.1) is 11.4 Å². The number of fused-ring (bicyclic) bond motifs is 1. The molecule has 2 heterocycles. The van der Waals surface area contributed by atoms with Gasteiger partial charge in [0.1, 0.15) is 0 Å². The van der Waals surface area contributed by atoms with Crippen LogP contribution in [0.5, 0.6) is 0 Å². The van der Waals surface area contributed by atoms with Crippen LogP contribution in [0, 0.1) is 6.92 Å². The Hall–Kier alpha value is -1.32. The summed E-state index contributed by atoms with van der Waals surface area (Å²) in [7, 11) is 2.01. The van der Waals surface area contributed by atoms with Gasteiger partial charge >= 0.3 is 0 Å². The van der Waals surface area contributed by atoms with Crippen molar-refractivity contribution in [3.8, 4) is 11.3 Å². The topological polar surface area (TPSA) is 21.1 Å². The van der Waals surface area contributed by atoms with E-state index in [0.29, 0.717) is 0 Å². The molecule has 21 heavy (non-hydrogen) atoms. The van der Waals surface area contributed by atoms with E-state index in [1.807, 2.05) is 18.7 Å². The SMILES string of the molecule is Cc1cc(-c2ccc3c(c2)CCN(CCCl)CC3)n(C)n1. The maximum atomic E-state index is 5.87. The van der Waals surface area contributed by atoms with E-state index < -0.39 is 0 Å². The second-order valence-electron chi connectivity index (χ2n) is 5.81. The molecule has 2 aromatic rings. The highest BCUT2D eigenvalue weighted by molar-refractivity contribution is 6.18. The monoisotopic (exact) mass is 303 g/mol. The van der Waals surface area contributed by atoms with Crippen LogP contribution >= 0.6 is 11.6 Å². The van der Waals surface area contributed by atoms with Gasteiger partial charge in [0, 0.05) is 38.1 Å². The van der Waals surface area contributed by atoms with Crippen LogP contribution in [0.1, 0.15) is 16.8 Å². The lowest BCUT2D eigenvalue weighted by Gasteiger charge is -2.17. The first-order chi connectivity index (χ1) is 10.2. The van der Waals surface area contributed by atoms with Crippen LogP contribution in [0.2, 0.25) is 0 Å². The summed E-state index contributed by atoms with van der Waals surface area (Å²) in [6, 6.07) is 9.01. The van der Waals surface area contributed by atoms with Gasteiger partial charge in [0.15, 0.2) is 0 Å². The molecule has 1 aliphatic heterocycles. The predicted octanol–water partition coefficient (Wildman–Crippen LogP) is 3.03. The van der Waals surface area contributed by atoms with Crippen LogP contribution in [0.3, 0.4) is 0 Å². The van der Waals surface area contributed by atoms with E-state index in [1.165, 1.54) is 22.4 Å². The van der Waals surface area contributed by atoms with Crippen LogP contribution in [0.4, 0.5) is 0 Å². The largest absolute Gasteiger partial charge is 0.301 e. The maximum Gasteiger partial charge on any atom is 0.0681 e. The van der Waals surface area contributed by atoms with Crippen molar-refractivity contribution >= 4 is 11.6 Å². The van der Waals surface area contributed by atoms with Crippen molar-refractivity contribution in [1.29, 1.82) is 0 Å². The van der Waals surface area contributed by atoms with Gasteiger partial charge in [0.2, 0.25) is 0 Å². The Morgan fingerprint density at radius 1 is 1.14 bits per heavy atom. The van der Waals surface area contributed by atoms with E-state index in [0.717, 1.165) is 44.0 Å². The van der Waals surface area contributed by atoms with Gasteiger partial charge in [-0.15, -0.1) is 11.6 Å². The number of halogens is 1. The number of aryl methyl sites for hydroxylation is 2. The number of hydrogen-bond donors (Lipinski definition) is 0. The van der Waals surface area contributed by atoms with Gasteiger partial charge in [-0.25, -0.2) is 0 Å². The summed E-state index contributed by atoms with van der Waals surface area (Å²) in [6.07, 6.45) is 2.23. The van der Waals surface area contributed by atoms with Crippen LogP contribution in [-0.4, -0.2) is 40.2 Å². The van der Waals surface area contributed by atoms with Crippen molar-refractivity contribution in [2.24, 2.45) is 7.05 Å². The second kappa shape index (κ2) is 6.20. The van der Waals surface area contributed by atoms with E-state index in [9.17, 15) is 0 Å². The third kappa shape index (κ3) is 3.14. The molecule has 0 saturated carbocycles. The molecule has 3 rings (SSSR count). The highest BCUT2D eigenvalue weighted by atomic mass is 35.5. The predicted molar refractivity (Wildman–Crippen MR) is 87.9 cm³/mol. The molecule has 0 atom stereocenters. The lowest BCUT2D eigenvalue weighted by Crippen LogP contribution is -2.28. The molecule has 0 radical (unpaired) electrons. The summed E-state index contributed by atoms with van der Waals surface area (Å²) >= 11 is 5.87. The number of benzene rings is 1. The zero-order valence-electron chi connectivity index (χ0n) is 12.8. The minimum atomic E-state index is 0.718. The summed E-state index contributed by atoms with van der Waals surface area (Å²) in [5, 5.41) is 4.45. The number of rotatable bonds is 3. The Labute approximate surface area is 131 Å². The summed E-state index contributed by atoms with van der Waals surface area (Å²) in [4.78, 5) is 2.46. The minimum absolute atomic E-state index is 0.718. The van der Waals surface area contributed by atoms with E-state index in [2.05, 4.69) is 34.3 Å². The fourth-order valence-electron chi connectivity index (χ4n) is 3.15. The summed E-state index contributed by atoms with van der Waals surface area (Å²) in [5.74, 6) is 0.718. The molecule has 1 aromatic heterocycles. The van der Waals surface area contributed by atoms with Crippen LogP contribution < -0.4 is 0 Å². The van der Waals surface area contributed by atoms with Crippen molar-refractivity contribution in [3.05, 3.63) is 41.1 Å². The molecule has 0 aliphatic carbocycles. The molecule has 0 spiro atoms. The van der Waals surface area contributed by atoms with Crippen molar-refractivity contribution < 1.29 is 0 Å². The van der Waals surface area contributed by atoms with Crippen molar-refractivity contribution in [2.75, 3.05) is 25.5 Å². The number of alkyl halides is 1. The average molecular weight is 304 g/mol. The molecular formula is C17H22ClN3. The molecule has 0 bridgehead atoms. The Morgan fingerprint density at radius 3 is 2.57 bits per heavy atom. The van der Waals surface area contributed by atoms with Gasteiger partial charge < -0.3 is 4.90 Å². The fourth-order valence-corrected chi connectivity index (χ4v) is 3.39. The van der Waals surface area contributed by atoms with Gasteiger partial charge in [-0.3, -0.25) is 4.68 Å². The summed E-state index contributed by atoms with van der Waals surface area (Å²) < 4.78 is 1.97. The molecular weight excluding hydrogens is 282 g/mol. The molecule has 4 heteroatoms. The molecule has 1 aliphatic rings. The molecule has 0 fully saturated rings. The van der Waals surface area contributed by atoms with Gasteiger partial charge in [-0.2, -0.15) is 5.10 Å². The molecule has 0 N–H and O–H groups in total. The standard InChI is InChI=1S/C17H22ClN3/c1-13-11-17(20(2)19-13)16-4-3-14-5-8-21(10-7-18)9-6-15(14)12-16/h3-4,11-12H,5-10H2,1-2H3. The minimum Gasteiger partial charge on any atom is -0.301 e. The lowest BCUT2D eigenvalue weighted by atomic mass is 9.99. The van der Waals surface area contributed by atoms with Crippen molar-refractivity contribution in [2.45, 2.75) is 19.8 Å². The van der Waals surface area contributed by atoms with Gasteiger partial charge in [0.25, 0.3) is 0 Å². The zero-order chi connectivity index (χ0) is 14.8. The fraction of sp³-hybridized carbons (Fsp3) is 0.471. The highest BCUT2D eigenvalue weighted by Gasteiger charge is 2.15. The maximum absolute atomic E-state index is 5.87. The Bertz CT molecular complexity index is 633.